The number of sulfonamides is 1. The van der Waals surface area contributed by atoms with Gasteiger partial charge in [-0.15, -0.1) is 0 Å². The fraction of sp³-hybridized carbons (Fsp3) is 0.417. The summed E-state index contributed by atoms with van der Waals surface area (Å²) in [6.07, 6.45) is 2.13. The number of hydrogen-bond acceptors (Lipinski definition) is 4. The molecule has 1 aliphatic rings. The highest BCUT2D eigenvalue weighted by Crippen LogP contribution is 2.27. The maximum atomic E-state index is 13.6. The van der Waals surface area contributed by atoms with Crippen molar-refractivity contribution in [3.05, 3.63) is 23.8 Å². The van der Waals surface area contributed by atoms with Crippen LogP contribution in [0.25, 0.3) is 0 Å². The van der Waals surface area contributed by atoms with Gasteiger partial charge in [-0.25, -0.2) is 17.9 Å². The third-order valence-corrected chi connectivity index (χ3v) is 3.89. The van der Waals surface area contributed by atoms with Gasteiger partial charge in [0.15, 0.2) is 18.2 Å². The maximum Gasteiger partial charge on any atom is 0.257 e. The van der Waals surface area contributed by atoms with E-state index in [1.165, 1.54) is 0 Å². The van der Waals surface area contributed by atoms with Crippen molar-refractivity contribution >= 4 is 15.9 Å². The summed E-state index contributed by atoms with van der Waals surface area (Å²) in [5.74, 6) is -3.67. The van der Waals surface area contributed by atoms with Crippen molar-refractivity contribution in [1.82, 2.24) is 5.32 Å². The molecule has 1 aromatic carbocycles. The molecule has 0 radical (unpaired) electrons. The third-order valence-electron chi connectivity index (χ3n) is 2.96. The molecule has 0 saturated heterocycles. The molecule has 0 spiro atoms. The summed E-state index contributed by atoms with van der Waals surface area (Å²) in [4.78, 5) is 10.4. The molecule has 2 rings (SSSR count). The molecule has 3 N–H and O–H groups in total. The van der Waals surface area contributed by atoms with Gasteiger partial charge in [-0.2, -0.15) is 4.39 Å². The third kappa shape index (κ3) is 4.11. The molecular weight excluding hydrogens is 306 g/mol. The monoisotopic (exact) mass is 320 g/mol. The van der Waals surface area contributed by atoms with Crippen molar-refractivity contribution < 1.29 is 26.7 Å². The first-order valence-corrected chi connectivity index (χ1v) is 7.74. The standard InChI is InChI=1S/C12H14F2N2O4S/c13-11-8(3-4-9(12(11)14)21(15,18)19)20-6-10(17)16-5-7-1-2-7/h3-4,7H,1-2,5-6H2,(H,16,17)(H2,15,18,19). The van der Waals surface area contributed by atoms with Crippen LogP contribution in [0, 0.1) is 17.6 Å². The van der Waals surface area contributed by atoms with E-state index in [0.717, 1.165) is 25.0 Å². The van der Waals surface area contributed by atoms with Crippen molar-refractivity contribution in [2.75, 3.05) is 13.2 Å². The Morgan fingerprint density at radius 1 is 1.33 bits per heavy atom. The number of benzene rings is 1. The Hall–Kier alpha value is -1.74. The second-order valence-corrected chi connectivity index (χ2v) is 6.30. The number of rotatable bonds is 6. The van der Waals surface area contributed by atoms with E-state index in [2.05, 4.69) is 5.32 Å². The smallest absolute Gasteiger partial charge is 0.257 e. The van der Waals surface area contributed by atoms with Crippen molar-refractivity contribution in [2.45, 2.75) is 17.7 Å². The Morgan fingerprint density at radius 2 is 2.00 bits per heavy atom. The van der Waals surface area contributed by atoms with Crippen LogP contribution in [-0.4, -0.2) is 27.5 Å². The number of ether oxygens (including phenoxy) is 1. The zero-order valence-electron chi connectivity index (χ0n) is 10.9. The summed E-state index contributed by atoms with van der Waals surface area (Å²) < 4.78 is 54.0. The summed E-state index contributed by atoms with van der Waals surface area (Å²) in [5.41, 5.74) is 0. The number of nitrogens with two attached hydrogens (primary N) is 1. The lowest BCUT2D eigenvalue weighted by Gasteiger charge is -2.09. The first-order chi connectivity index (χ1) is 9.79. The molecule has 6 nitrogen and oxygen atoms in total. The maximum absolute atomic E-state index is 13.6. The Kier molecular flexibility index (Phi) is 4.43. The van der Waals surface area contributed by atoms with Crippen LogP contribution in [0.2, 0.25) is 0 Å². The van der Waals surface area contributed by atoms with Crippen LogP contribution >= 0.6 is 0 Å². The van der Waals surface area contributed by atoms with E-state index in [0.29, 0.717) is 12.5 Å². The highest BCUT2D eigenvalue weighted by atomic mass is 32.2. The van der Waals surface area contributed by atoms with Gasteiger partial charge >= 0.3 is 0 Å². The van der Waals surface area contributed by atoms with Gasteiger partial charge in [0, 0.05) is 6.54 Å². The van der Waals surface area contributed by atoms with E-state index >= 15 is 0 Å². The summed E-state index contributed by atoms with van der Waals surface area (Å²) in [6, 6.07) is 1.69. The van der Waals surface area contributed by atoms with Gasteiger partial charge < -0.3 is 10.1 Å². The Balaban J connectivity index is 2.00. The molecule has 0 aromatic heterocycles. The lowest BCUT2D eigenvalue weighted by Crippen LogP contribution is -2.30. The minimum Gasteiger partial charge on any atom is -0.481 e. The van der Waals surface area contributed by atoms with Crippen molar-refractivity contribution in [1.29, 1.82) is 0 Å². The number of nitrogens with one attached hydrogen (secondary N) is 1. The van der Waals surface area contributed by atoms with Crippen LogP contribution in [0.1, 0.15) is 12.8 Å². The van der Waals surface area contributed by atoms with Gasteiger partial charge in [-0.3, -0.25) is 4.79 Å². The lowest BCUT2D eigenvalue weighted by atomic mass is 10.3. The Bertz CT molecular complexity index is 659. The van der Waals surface area contributed by atoms with Gasteiger partial charge in [0.1, 0.15) is 4.90 Å². The van der Waals surface area contributed by atoms with Crippen molar-refractivity contribution in [3.63, 3.8) is 0 Å². The molecule has 1 aliphatic carbocycles. The van der Waals surface area contributed by atoms with E-state index in [9.17, 15) is 22.0 Å². The van der Waals surface area contributed by atoms with Crippen LogP contribution in [0.3, 0.4) is 0 Å². The van der Waals surface area contributed by atoms with Gasteiger partial charge in [-0.1, -0.05) is 0 Å². The molecule has 0 atom stereocenters. The molecular formula is C12H14F2N2O4S. The van der Waals surface area contributed by atoms with Crippen LogP contribution in [0.5, 0.6) is 5.75 Å². The molecule has 0 unspecified atom stereocenters. The predicted octanol–water partition coefficient (Wildman–Crippen LogP) is 0.517. The molecule has 0 aliphatic heterocycles. The summed E-state index contributed by atoms with van der Waals surface area (Å²) in [5, 5.41) is 7.32. The highest BCUT2D eigenvalue weighted by molar-refractivity contribution is 7.89. The molecule has 1 aromatic rings. The number of hydrogen-bond donors (Lipinski definition) is 2. The SMILES string of the molecule is NS(=O)(=O)c1ccc(OCC(=O)NCC2CC2)c(F)c1F. The molecule has 1 saturated carbocycles. The molecule has 116 valence electrons. The van der Waals surface area contributed by atoms with E-state index in [1.807, 2.05) is 0 Å². The second kappa shape index (κ2) is 5.94. The summed E-state index contributed by atoms with van der Waals surface area (Å²) in [7, 11) is -4.37. The van der Waals surface area contributed by atoms with Gasteiger partial charge in [0.25, 0.3) is 5.91 Å². The molecule has 1 fully saturated rings. The second-order valence-electron chi connectivity index (χ2n) is 4.77. The number of halogens is 2. The fourth-order valence-corrected chi connectivity index (χ4v) is 2.22. The molecule has 0 bridgehead atoms. The Labute approximate surface area is 120 Å². The number of carbonyl (C=O) groups excluding carboxylic acids is 1. The summed E-state index contributed by atoms with van der Waals surface area (Å²) in [6.45, 7) is 0.0429. The molecule has 9 heteroatoms. The van der Waals surface area contributed by atoms with Crippen molar-refractivity contribution in [2.24, 2.45) is 11.1 Å². The van der Waals surface area contributed by atoms with Crippen LogP contribution in [0.4, 0.5) is 8.78 Å². The van der Waals surface area contributed by atoms with E-state index in [4.69, 9.17) is 9.88 Å². The summed E-state index contributed by atoms with van der Waals surface area (Å²) >= 11 is 0. The number of amides is 1. The minimum atomic E-state index is -4.37. The zero-order valence-corrected chi connectivity index (χ0v) is 11.8. The quantitative estimate of drug-likeness (QED) is 0.798. The van der Waals surface area contributed by atoms with Gasteiger partial charge in [0.2, 0.25) is 15.8 Å². The van der Waals surface area contributed by atoms with Gasteiger partial charge in [0.05, 0.1) is 0 Å². The highest BCUT2D eigenvalue weighted by Gasteiger charge is 2.23. The molecule has 0 heterocycles. The van der Waals surface area contributed by atoms with E-state index in [-0.39, 0.29) is 0 Å². The lowest BCUT2D eigenvalue weighted by molar-refractivity contribution is -0.123. The van der Waals surface area contributed by atoms with Crippen LogP contribution in [0.15, 0.2) is 17.0 Å². The zero-order chi connectivity index (χ0) is 15.6. The fourth-order valence-electron chi connectivity index (χ4n) is 1.62. The van der Waals surface area contributed by atoms with Crippen molar-refractivity contribution in [3.8, 4) is 5.75 Å². The molecule has 21 heavy (non-hydrogen) atoms. The van der Waals surface area contributed by atoms with Gasteiger partial charge in [-0.05, 0) is 30.9 Å². The first kappa shape index (κ1) is 15.6. The first-order valence-electron chi connectivity index (χ1n) is 6.19. The van der Waals surface area contributed by atoms with Crippen LogP contribution in [-0.2, 0) is 14.8 Å². The minimum absolute atomic E-state index is 0.461. The molecule has 1 amide bonds. The average Bonchev–Trinajstić information content (AvgIpc) is 3.20. The Morgan fingerprint density at radius 3 is 2.57 bits per heavy atom. The van der Waals surface area contributed by atoms with E-state index < -0.39 is 44.8 Å². The predicted molar refractivity (Wildman–Crippen MR) is 69.0 cm³/mol. The largest absolute Gasteiger partial charge is 0.481 e. The number of primary sulfonamides is 1. The van der Waals surface area contributed by atoms with Crippen LogP contribution < -0.4 is 15.2 Å². The number of carbonyl (C=O) groups is 1. The average molecular weight is 320 g/mol. The normalized spacial score (nSPS) is 14.8. The topological polar surface area (TPSA) is 98.5 Å². The van der Waals surface area contributed by atoms with E-state index in [1.54, 1.807) is 0 Å².